The van der Waals surface area contributed by atoms with Crippen molar-refractivity contribution in [3.05, 3.63) is 99.7 Å². The van der Waals surface area contributed by atoms with Crippen LogP contribution in [0.4, 0.5) is 10.1 Å². The maximum absolute atomic E-state index is 14.0. The van der Waals surface area contributed by atoms with Crippen LogP contribution in [-0.4, -0.2) is 19.6 Å². The average molecular weight is 459 g/mol. The first-order valence-corrected chi connectivity index (χ1v) is 11.0. The second kappa shape index (κ2) is 8.67. The van der Waals surface area contributed by atoms with E-state index in [1.807, 2.05) is 19.1 Å². The van der Waals surface area contributed by atoms with Crippen LogP contribution < -0.4 is 19.8 Å². The molecule has 3 aromatic carbocycles. The second-order valence-corrected chi connectivity index (χ2v) is 8.01. The largest absolute Gasteiger partial charge is 0.497 e. The predicted octanol–water partition coefficient (Wildman–Crippen LogP) is 5.48. The molecule has 1 unspecified atom stereocenters. The zero-order chi connectivity index (χ0) is 23.8. The standard InChI is InChI=1S/C27H22FNO5/c1-3-13-33-19-10-7-16(8-11-19)24-23-25(30)21-14-17(28)9-12-22(21)34-26(23)27(31)29(24)18-5-4-6-20(15-18)32-2/h4-12,14-15,24H,3,13H2,1-2H3. The molecule has 4 aromatic rings. The van der Waals surface area contributed by atoms with Crippen LogP contribution in [0.25, 0.3) is 11.0 Å². The zero-order valence-corrected chi connectivity index (χ0v) is 18.7. The van der Waals surface area contributed by atoms with E-state index in [1.54, 1.807) is 43.5 Å². The van der Waals surface area contributed by atoms with Crippen molar-refractivity contribution in [2.75, 3.05) is 18.6 Å². The maximum Gasteiger partial charge on any atom is 0.295 e. The molecule has 1 aromatic heterocycles. The zero-order valence-electron chi connectivity index (χ0n) is 18.7. The molecule has 0 N–H and O–H groups in total. The van der Waals surface area contributed by atoms with E-state index in [1.165, 1.54) is 17.0 Å². The molecule has 6 nitrogen and oxygen atoms in total. The number of nitrogens with zero attached hydrogens (tertiary/aromatic N) is 1. The van der Waals surface area contributed by atoms with Gasteiger partial charge in [-0.05, 0) is 54.4 Å². The van der Waals surface area contributed by atoms with Gasteiger partial charge in [-0.1, -0.05) is 25.1 Å². The smallest absolute Gasteiger partial charge is 0.295 e. The van der Waals surface area contributed by atoms with Crippen molar-refractivity contribution in [1.82, 2.24) is 0 Å². The van der Waals surface area contributed by atoms with Gasteiger partial charge >= 0.3 is 0 Å². The molecule has 7 heteroatoms. The van der Waals surface area contributed by atoms with Crippen LogP contribution in [0.3, 0.4) is 0 Å². The molecule has 0 saturated heterocycles. The van der Waals surface area contributed by atoms with Crippen LogP contribution >= 0.6 is 0 Å². The number of carbonyl (C=O) groups excluding carboxylic acids is 1. The van der Waals surface area contributed by atoms with Crippen LogP contribution in [0.2, 0.25) is 0 Å². The van der Waals surface area contributed by atoms with Crippen molar-refractivity contribution in [3.8, 4) is 11.5 Å². The summed E-state index contributed by atoms with van der Waals surface area (Å²) in [4.78, 5) is 28.7. The summed E-state index contributed by atoms with van der Waals surface area (Å²) in [6, 6.07) is 17.2. The summed E-state index contributed by atoms with van der Waals surface area (Å²) < 4.78 is 30.8. The number of hydrogen-bond donors (Lipinski definition) is 0. The van der Waals surface area contributed by atoms with Gasteiger partial charge in [0.2, 0.25) is 5.76 Å². The third-order valence-corrected chi connectivity index (χ3v) is 5.83. The van der Waals surface area contributed by atoms with E-state index in [2.05, 4.69) is 0 Å². The number of anilines is 1. The molecule has 0 saturated carbocycles. The predicted molar refractivity (Wildman–Crippen MR) is 126 cm³/mol. The van der Waals surface area contributed by atoms with Crippen molar-refractivity contribution in [1.29, 1.82) is 0 Å². The number of carbonyl (C=O) groups is 1. The van der Waals surface area contributed by atoms with Crippen LogP contribution in [0.5, 0.6) is 11.5 Å². The summed E-state index contributed by atoms with van der Waals surface area (Å²) in [6.07, 6.45) is 0.876. The van der Waals surface area contributed by atoms with Crippen molar-refractivity contribution in [2.24, 2.45) is 0 Å². The van der Waals surface area contributed by atoms with Crippen LogP contribution in [0.15, 0.2) is 75.9 Å². The SMILES string of the molecule is CCCOc1ccc(C2c3c(oc4ccc(F)cc4c3=O)C(=O)N2c2cccc(OC)c2)cc1. The molecule has 2 heterocycles. The minimum atomic E-state index is -0.765. The molecule has 1 aliphatic heterocycles. The normalized spacial score (nSPS) is 15.0. The van der Waals surface area contributed by atoms with Gasteiger partial charge in [-0.15, -0.1) is 0 Å². The fraction of sp³-hybridized carbons (Fsp3) is 0.185. The van der Waals surface area contributed by atoms with Gasteiger partial charge < -0.3 is 13.9 Å². The van der Waals surface area contributed by atoms with E-state index >= 15 is 0 Å². The van der Waals surface area contributed by atoms with Gasteiger partial charge in [0.25, 0.3) is 5.91 Å². The lowest BCUT2D eigenvalue weighted by Gasteiger charge is -2.25. The quantitative estimate of drug-likeness (QED) is 0.382. The van der Waals surface area contributed by atoms with Crippen LogP contribution in [-0.2, 0) is 0 Å². The van der Waals surface area contributed by atoms with E-state index in [0.717, 1.165) is 12.5 Å². The highest BCUT2D eigenvalue weighted by Crippen LogP contribution is 2.42. The monoisotopic (exact) mass is 459 g/mol. The first-order chi connectivity index (χ1) is 16.5. The Hall–Kier alpha value is -4.13. The summed E-state index contributed by atoms with van der Waals surface area (Å²) >= 11 is 0. The number of hydrogen-bond acceptors (Lipinski definition) is 5. The third-order valence-electron chi connectivity index (χ3n) is 5.83. The fourth-order valence-corrected chi connectivity index (χ4v) is 4.25. The second-order valence-electron chi connectivity index (χ2n) is 8.01. The first kappa shape index (κ1) is 21.7. The van der Waals surface area contributed by atoms with E-state index < -0.39 is 23.2 Å². The Morgan fingerprint density at radius 1 is 1.00 bits per heavy atom. The number of benzene rings is 3. The molecule has 0 radical (unpaired) electrons. The van der Waals surface area contributed by atoms with Crippen LogP contribution in [0, 0.1) is 5.82 Å². The molecule has 1 atom stereocenters. The summed E-state index contributed by atoms with van der Waals surface area (Å²) in [5.41, 5.74) is 1.13. The summed E-state index contributed by atoms with van der Waals surface area (Å²) in [5.74, 6) is 0.194. The molecule has 5 rings (SSSR count). The van der Waals surface area contributed by atoms with E-state index in [4.69, 9.17) is 13.9 Å². The molecule has 0 fully saturated rings. The molecule has 172 valence electrons. The Morgan fingerprint density at radius 2 is 1.79 bits per heavy atom. The van der Waals surface area contributed by atoms with Gasteiger partial charge in [0.15, 0.2) is 5.43 Å². The Labute approximate surface area is 195 Å². The van der Waals surface area contributed by atoms with E-state index in [9.17, 15) is 14.0 Å². The fourth-order valence-electron chi connectivity index (χ4n) is 4.25. The lowest BCUT2D eigenvalue weighted by atomic mass is 9.98. The van der Waals surface area contributed by atoms with Gasteiger partial charge in [-0.2, -0.15) is 0 Å². The molecular weight excluding hydrogens is 437 g/mol. The molecule has 0 bridgehead atoms. The Bertz CT molecular complexity index is 1440. The first-order valence-electron chi connectivity index (χ1n) is 11.0. The molecular formula is C27H22FNO5. The summed E-state index contributed by atoms with van der Waals surface area (Å²) in [5, 5.41) is 0.0898. The Kier molecular flexibility index (Phi) is 5.53. The highest BCUT2D eigenvalue weighted by Gasteiger charge is 2.43. The van der Waals surface area contributed by atoms with Gasteiger partial charge in [0.05, 0.1) is 30.7 Å². The third kappa shape index (κ3) is 3.59. The van der Waals surface area contributed by atoms with Crippen molar-refractivity contribution < 1.29 is 23.1 Å². The highest BCUT2D eigenvalue weighted by atomic mass is 19.1. The number of rotatable bonds is 6. The highest BCUT2D eigenvalue weighted by molar-refractivity contribution is 6.10. The molecule has 1 aliphatic rings. The number of fused-ring (bicyclic) bond motifs is 2. The summed E-state index contributed by atoms with van der Waals surface area (Å²) in [6.45, 7) is 2.61. The minimum Gasteiger partial charge on any atom is -0.497 e. The number of halogens is 1. The van der Waals surface area contributed by atoms with Gasteiger partial charge in [0, 0.05) is 11.8 Å². The molecule has 0 aliphatic carbocycles. The number of methoxy groups -OCH3 is 1. The van der Waals surface area contributed by atoms with E-state index in [0.29, 0.717) is 29.4 Å². The molecule has 0 spiro atoms. The Balaban J connectivity index is 1.72. The topological polar surface area (TPSA) is 69.0 Å². The van der Waals surface area contributed by atoms with Crippen molar-refractivity contribution in [3.63, 3.8) is 0 Å². The van der Waals surface area contributed by atoms with Crippen LogP contribution in [0.1, 0.15) is 41.1 Å². The Morgan fingerprint density at radius 3 is 2.53 bits per heavy atom. The van der Waals surface area contributed by atoms with Gasteiger partial charge in [-0.25, -0.2) is 4.39 Å². The summed E-state index contributed by atoms with van der Waals surface area (Å²) in [7, 11) is 1.54. The average Bonchev–Trinajstić information content (AvgIpc) is 3.16. The van der Waals surface area contributed by atoms with E-state index in [-0.39, 0.29) is 22.3 Å². The van der Waals surface area contributed by atoms with Crippen molar-refractivity contribution in [2.45, 2.75) is 19.4 Å². The lowest BCUT2D eigenvalue weighted by Crippen LogP contribution is -2.29. The van der Waals surface area contributed by atoms with Crippen molar-refractivity contribution >= 4 is 22.6 Å². The maximum atomic E-state index is 14.0. The molecule has 34 heavy (non-hydrogen) atoms. The number of amides is 1. The lowest BCUT2D eigenvalue weighted by molar-refractivity contribution is 0.0971. The number of ether oxygens (including phenoxy) is 2. The van der Waals surface area contributed by atoms with Gasteiger partial charge in [-0.3, -0.25) is 14.5 Å². The minimum absolute atomic E-state index is 0.0526. The molecule has 1 amide bonds. The van der Waals surface area contributed by atoms with Gasteiger partial charge in [0.1, 0.15) is 22.9 Å².